The molecule has 0 unspecified atom stereocenters. The number of aliphatic hydroxyl groups is 1. The smallest absolute Gasteiger partial charge is 0.744 e. The quantitative estimate of drug-likeness (QED) is 0.128. The zero-order valence-corrected chi connectivity index (χ0v) is 34.8. The van der Waals surface area contributed by atoms with Crippen molar-refractivity contribution in [2.45, 2.75) is 44.4 Å². The number of rotatable bonds is 10. The first kappa shape index (κ1) is 42.6. The van der Waals surface area contributed by atoms with Crippen LogP contribution in [0.3, 0.4) is 0 Å². The third-order valence-corrected chi connectivity index (χ3v) is 9.21. The molecule has 2 heterocycles. The van der Waals surface area contributed by atoms with E-state index in [-0.39, 0.29) is 76.8 Å². The minimum absolute atomic E-state index is 0. The summed E-state index contributed by atoms with van der Waals surface area (Å²) in [4.78, 5) is 24.0. The second-order valence-corrected chi connectivity index (χ2v) is 15.0. The van der Waals surface area contributed by atoms with Crippen LogP contribution in [0.5, 0.6) is 0 Å². The molecule has 0 spiro atoms. The van der Waals surface area contributed by atoms with Gasteiger partial charge in [-0.3, -0.25) is 4.79 Å². The van der Waals surface area contributed by atoms with Crippen LogP contribution in [0.1, 0.15) is 49.4 Å². The molecule has 19 heteroatoms. The molecule has 0 atom stereocenters. The summed E-state index contributed by atoms with van der Waals surface area (Å²) in [6, 6.07) is 13.9. The number of likely N-dealkylation sites (N-methyl/N-ethyl adjacent to an activating group) is 1. The number of carbonyl (C=O) groups is 1. The summed E-state index contributed by atoms with van der Waals surface area (Å²) in [5.74, 6) is -0.189. The van der Waals surface area contributed by atoms with E-state index >= 15 is 0 Å². The normalized spacial score (nSPS) is 13.6. The van der Waals surface area contributed by atoms with Gasteiger partial charge in [0.1, 0.15) is 25.9 Å². The number of carbonyl (C=O) groups excluding carboxylic acids is 1. The fourth-order valence-electron chi connectivity index (χ4n) is 5.07. The molecule has 0 radical (unpaired) electrons. The van der Waals surface area contributed by atoms with Crippen molar-refractivity contribution in [3.63, 3.8) is 0 Å². The Morgan fingerprint density at radius 1 is 0.961 bits per heavy atom. The molecule has 0 aliphatic carbocycles. The number of benzene rings is 3. The third-order valence-electron chi connectivity index (χ3n) is 7.58. The molecule has 51 heavy (non-hydrogen) atoms. The van der Waals surface area contributed by atoms with Crippen molar-refractivity contribution < 1.29 is 95.0 Å². The Kier molecular flexibility index (Phi) is 13.8. The van der Waals surface area contributed by atoms with Gasteiger partial charge in [0.25, 0.3) is 5.91 Å². The van der Waals surface area contributed by atoms with Gasteiger partial charge >= 0.3 is 59.1 Å². The van der Waals surface area contributed by atoms with Gasteiger partial charge in [-0.15, -0.1) is 9.89 Å². The maximum absolute atomic E-state index is 12.9. The topological polar surface area (TPSA) is 222 Å². The molecule has 0 fully saturated rings. The molecular weight excluding hydrogens is 721 g/mol. The zero-order chi connectivity index (χ0) is 35.9. The first-order valence-corrected chi connectivity index (χ1v) is 17.8. The number of aliphatic hydroxyl groups excluding tert-OH is 1. The Hall–Kier alpha value is -2.81. The maximum Gasteiger partial charge on any atom is 1.00 e. The van der Waals surface area contributed by atoms with Crippen LogP contribution < -0.4 is 69.3 Å². The number of nitrogens with one attached hydrogen (secondary N) is 1. The number of anilines is 2. The molecule has 2 N–H and O–H groups in total. The van der Waals surface area contributed by atoms with E-state index < -0.39 is 41.5 Å². The summed E-state index contributed by atoms with van der Waals surface area (Å²) in [6.45, 7) is 11.3. The number of aliphatic imine (C=N–C) groups is 1. The van der Waals surface area contributed by atoms with Crippen molar-refractivity contribution >= 4 is 54.6 Å². The molecule has 4 aromatic rings. The predicted octanol–water partition coefficient (Wildman–Crippen LogP) is -2.47. The molecule has 1 amide bonds. The number of aryl methyl sites for hydroxylation is 1. The molecule has 0 saturated carbocycles. The average Bonchev–Trinajstić information content (AvgIpc) is 3.59. The van der Waals surface area contributed by atoms with Gasteiger partial charge in [-0.25, -0.2) is 26.8 Å². The summed E-state index contributed by atoms with van der Waals surface area (Å²) in [5.41, 5.74) is 3.80. The molecule has 1 aliphatic rings. The first-order valence-electron chi connectivity index (χ1n) is 15.0. The Balaban J connectivity index is 0.00000351. The molecule has 1 aliphatic heterocycles. The number of amides is 1. The van der Waals surface area contributed by atoms with Crippen molar-refractivity contribution in [1.29, 1.82) is 0 Å². The number of hydrogen-bond donors (Lipinski definition) is 2. The summed E-state index contributed by atoms with van der Waals surface area (Å²) < 4.78 is 69.0. The van der Waals surface area contributed by atoms with Gasteiger partial charge in [-0.2, -0.15) is 5.10 Å². The Bertz CT molecular complexity index is 2180. The van der Waals surface area contributed by atoms with Crippen LogP contribution in [-0.2, 0) is 20.2 Å². The van der Waals surface area contributed by atoms with E-state index in [4.69, 9.17) is 15.1 Å². The van der Waals surface area contributed by atoms with E-state index in [1.54, 1.807) is 12.1 Å². The van der Waals surface area contributed by atoms with E-state index in [9.17, 15) is 35.8 Å². The third kappa shape index (κ3) is 9.79. The van der Waals surface area contributed by atoms with Crippen molar-refractivity contribution in [1.82, 2.24) is 14.9 Å². The number of fused-ring (bicyclic) bond motifs is 1. The average molecular weight is 754 g/mol. The number of hydrogen-bond acceptors (Lipinski definition) is 13. The van der Waals surface area contributed by atoms with Crippen LogP contribution in [0.25, 0.3) is 11.4 Å². The van der Waals surface area contributed by atoms with E-state index in [1.807, 2.05) is 52.8 Å². The molecule has 5 rings (SSSR count). The van der Waals surface area contributed by atoms with Gasteiger partial charge in [-0.1, -0.05) is 20.8 Å². The number of nitrogens with zero attached hydrogens (tertiary/aromatic N) is 6. The van der Waals surface area contributed by atoms with Crippen molar-refractivity contribution in [2.24, 2.45) is 15.5 Å². The predicted molar refractivity (Wildman–Crippen MR) is 180 cm³/mol. The van der Waals surface area contributed by atoms with Gasteiger partial charge in [0.05, 0.1) is 27.8 Å². The Morgan fingerprint density at radius 2 is 1.57 bits per heavy atom. The summed E-state index contributed by atoms with van der Waals surface area (Å²) in [6.07, 6.45) is 0. The van der Waals surface area contributed by atoms with Crippen LogP contribution in [0.4, 0.5) is 17.1 Å². The van der Waals surface area contributed by atoms with E-state index in [2.05, 4.69) is 15.3 Å². The van der Waals surface area contributed by atoms with Gasteiger partial charge in [0, 0.05) is 41.0 Å². The maximum atomic E-state index is 12.9. The summed E-state index contributed by atoms with van der Waals surface area (Å²) in [7, 11) is -10.3. The van der Waals surface area contributed by atoms with Crippen molar-refractivity contribution in [3.8, 4) is 11.4 Å². The van der Waals surface area contributed by atoms with Crippen LogP contribution in [-0.4, -0.2) is 82.9 Å². The van der Waals surface area contributed by atoms with E-state index in [0.29, 0.717) is 53.4 Å². The second kappa shape index (κ2) is 16.5. The second-order valence-electron chi connectivity index (χ2n) is 12.2. The molecule has 258 valence electrons. The Labute approximate surface area is 340 Å². The Morgan fingerprint density at radius 3 is 2.08 bits per heavy atom. The summed E-state index contributed by atoms with van der Waals surface area (Å²) in [5, 5.41) is 21.2. The molecule has 15 nitrogen and oxygen atoms in total. The largest absolute Gasteiger partial charge is 1.00 e. The monoisotopic (exact) mass is 753 g/mol. The minimum Gasteiger partial charge on any atom is -0.744 e. The SMILES string of the molecule is CCN(CCO)c1ccc(N=C2C(C(C)(C)C)=Nn3nc(-c4ccc(NC(=O)c5cc(S(=O)(=O)[O-])cc(S(=O)(=O)[O-])c5)cc4)nc32)c(C)c1.[Na+].[Na+]. The van der Waals surface area contributed by atoms with Crippen LogP contribution in [0, 0.1) is 12.3 Å². The first-order chi connectivity index (χ1) is 22.9. The number of aromatic nitrogens is 3. The molecular formula is C32H33N7Na2O8S2. The standard InChI is InChI=1S/C32H35N7O8S2.2Na/c1-6-38(13-14-40)23-11-12-26(19(2)15-23)34-27-28(32(3,4)5)36-39-30(27)35-29(37-39)20-7-9-22(10-8-20)33-31(41)21-16-24(48(42,43)44)18-25(17-21)49(45,46)47;;/h7-12,15-18,40H,6,13-14H2,1-5H3,(H,33,41)(H,42,43,44)(H,45,46,47);;/q;2*+1/p-2. The molecule has 0 bridgehead atoms. The molecule has 3 aromatic carbocycles. The minimum atomic E-state index is -5.17. The fourth-order valence-corrected chi connectivity index (χ4v) is 6.23. The van der Waals surface area contributed by atoms with Crippen LogP contribution in [0.2, 0.25) is 0 Å². The summed E-state index contributed by atoms with van der Waals surface area (Å²) >= 11 is 0. The zero-order valence-electron chi connectivity index (χ0n) is 29.2. The van der Waals surface area contributed by atoms with E-state index in [0.717, 1.165) is 23.5 Å². The van der Waals surface area contributed by atoms with Crippen molar-refractivity contribution in [3.05, 3.63) is 77.6 Å². The molecule has 1 aromatic heterocycles. The van der Waals surface area contributed by atoms with Crippen LogP contribution >= 0.6 is 0 Å². The van der Waals surface area contributed by atoms with Crippen molar-refractivity contribution in [2.75, 3.05) is 29.9 Å². The van der Waals surface area contributed by atoms with Gasteiger partial charge < -0.3 is 24.4 Å². The van der Waals surface area contributed by atoms with Gasteiger partial charge in [0.15, 0.2) is 5.82 Å². The van der Waals surface area contributed by atoms with Gasteiger partial charge in [-0.05, 0) is 80.1 Å². The van der Waals surface area contributed by atoms with Crippen LogP contribution in [0.15, 0.2) is 80.5 Å². The van der Waals surface area contributed by atoms with E-state index in [1.165, 1.54) is 16.9 Å². The fraction of sp³-hybridized carbons (Fsp3) is 0.281. The van der Waals surface area contributed by atoms with Gasteiger partial charge in [0.2, 0.25) is 5.82 Å². The molecule has 0 saturated heterocycles.